The molecule has 0 aliphatic carbocycles. The smallest absolute Gasteiger partial charge is 0.324 e. The maximum Gasteiger partial charge on any atom is 0.325 e. The van der Waals surface area contributed by atoms with Gasteiger partial charge in [0.15, 0.2) is 0 Å². The van der Waals surface area contributed by atoms with Crippen LogP contribution in [0.15, 0.2) is 42.5 Å². The summed E-state index contributed by atoms with van der Waals surface area (Å²) >= 11 is 0. The number of benzene rings is 2. The fourth-order valence-corrected chi connectivity index (χ4v) is 3.14. The van der Waals surface area contributed by atoms with Gasteiger partial charge in [0, 0.05) is 5.69 Å². The first kappa shape index (κ1) is 19.1. The molecule has 1 aliphatic rings. The molecular formula is C21H20N4O3. The van der Waals surface area contributed by atoms with Crippen molar-refractivity contribution in [1.82, 2.24) is 10.2 Å². The van der Waals surface area contributed by atoms with Crippen molar-refractivity contribution in [3.05, 3.63) is 64.7 Å². The van der Waals surface area contributed by atoms with E-state index in [1.54, 1.807) is 31.2 Å². The SMILES string of the molecule is Cc1ccc(C)c(NC(=O)CN2C(=O)N[C@@](C)(c3cccc(C#N)c3)C2=O)c1. The van der Waals surface area contributed by atoms with Crippen molar-refractivity contribution >= 4 is 23.5 Å². The third-order valence-corrected chi connectivity index (χ3v) is 4.81. The first-order chi connectivity index (χ1) is 13.2. The average Bonchev–Trinajstić information content (AvgIpc) is 2.89. The summed E-state index contributed by atoms with van der Waals surface area (Å²) in [5, 5.41) is 14.5. The number of hydrogen-bond donors (Lipinski definition) is 2. The molecule has 3 rings (SSSR count). The number of hydrogen-bond acceptors (Lipinski definition) is 4. The van der Waals surface area contributed by atoms with Crippen molar-refractivity contribution in [3.8, 4) is 6.07 Å². The molecule has 28 heavy (non-hydrogen) atoms. The number of imide groups is 1. The Morgan fingerprint density at radius 2 is 1.96 bits per heavy atom. The number of nitrogens with zero attached hydrogens (tertiary/aromatic N) is 2. The fourth-order valence-electron chi connectivity index (χ4n) is 3.14. The van der Waals surface area contributed by atoms with E-state index in [0.29, 0.717) is 16.8 Å². The molecule has 4 amide bonds. The maximum absolute atomic E-state index is 12.9. The molecule has 1 fully saturated rings. The number of nitrogens with one attached hydrogen (secondary N) is 2. The lowest BCUT2D eigenvalue weighted by Gasteiger charge is -2.22. The van der Waals surface area contributed by atoms with Crippen molar-refractivity contribution in [2.75, 3.05) is 11.9 Å². The van der Waals surface area contributed by atoms with Gasteiger partial charge < -0.3 is 10.6 Å². The van der Waals surface area contributed by atoms with Crippen LogP contribution in [0.4, 0.5) is 10.5 Å². The highest BCUT2D eigenvalue weighted by Crippen LogP contribution is 2.29. The molecule has 7 heteroatoms. The van der Waals surface area contributed by atoms with E-state index in [1.165, 1.54) is 0 Å². The molecule has 2 N–H and O–H groups in total. The predicted molar refractivity (Wildman–Crippen MR) is 103 cm³/mol. The Morgan fingerprint density at radius 3 is 2.68 bits per heavy atom. The summed E-state index contributed by atoms with van der Waals surface area (Å²) < 4.78 is 0. The molecule has 1 atom stereocenters. The molecule has 0 saturated carbocycles. The quantitative estimate of drug-likeness (QED) is 0.801. The van der Waals surface area contributed by atoms with Crippen LogP contribution in [0, 0.1) is 25.2 Å². The van der Waals surface area contributed by atoms with Crippen LogP contribution in [0.3, 0.4) is 0 Å². The summed E-state index contributed by atoms with van der Waals surface area (Å²) in [6.45, 7) is 4.94. The Morgan fingerprint density at radius 1 is 1.21 bits per heavy atom. The van der Waals surface area contributed by atoms with Gasteiger partial charge in [-0.3, -0.25) is 14.5 Å². The van der Waals surface area contributed by atoms with Crippen molar-refractivity contribution in [2.24, 2.45) is 0 Å². The number of amides is 4. The fraction of sp³-hybridized carbons (Fsp3) is 0.238. The minimum Gasteiger partial charge on any atom is -0.324 e. The lowest BCUT2D eigenvalue weighted by molar-refractivity contribution is -0.133. The number of anilines is 1. The Labute approximate surface area is 163 Å². The van der Waals surface area contributed by atoms with Crippen LogP contribution < -0.4 is 10.6 Å². The molecule has 7 nitrogen and oxygen atoms in total. The monoisotopic (exact) mass is 376 g/mol. The lowest BCUT2D eigenvalue weighted by Crippen LogP contribution is -2.42. The highest BCUT2D eigenvalue weighted by molar-refractivity contribution is 6.10. The van der Waals surface area contributed by atoms with E-state index in [4.69, 9.17) is 5.26 Å². The van der Waals surface area contributed by atoms with E-state index >= 15 is 0 Å². The van der Waals surface area contributed by atoms with Gasteiger partial charge in [0.2, 0.25) is 5.91 Å². The second-order valence-electron chi connectivity index (χ2n) is 7.01. The topological polar surface area (TPSA) is 102 Å². The number of carbonyl (C=O) groups is 3. The van der Waals surface area contributed by atoms with Crippen molar-refractivity contribution in [1.29, 1.82) is 5.26 Å². The van der Waals surface area contributed by atoms with Gasteiger partial charge in [0.1, 0.15) is 12.1 Å². The molecule has 0 radical (unpaired) electrons. The van der Waals surface area contributed by atoms with E-state index < -0.39 is 29.9 Å². The number of rotatable bonds is 4. The minimum absolute atomic E-state index is 0.381. The van der Waals surface area contributed by atoms with Crippen molar-refractivity contribution in [3.63, 3.8) is 0 Å². The Hall–Kier alpha value is -3.66. The van der Waals surface area contributed by atoms with E-state index in [1.807, 2.05) is 38.1 Å². The number of aryl methyl sites for hydroxylation is 2. The molecule has 0 spiro atoms. The number of carbonyl (C=O) groups excluding carboxylic acids is 3. The second kappa shape index (κ2) is 7.16. The molecule has 2 aromatic rings. The molecule has 2 aromatic carbocycles. The molecule has 142 valence electrons. The summed E-state index contributed by atoms with van der Waals surface area (Å²) in [4.78, 5) is 38.6. The van der Waals surface area contributed by atoms with Gasteiger partial charge in [0.05, 0.1) is 11.6 Å². The third kappa shape index (κ3) is 3.45. The molecular weight excluding hydrogens is 356 g/mol. The molecule has 0 unspecified atom stereocenters. The summed E-state index contributed by atoms with van der Waals surface area (Å²) in [7, 11) is 0. The number of urea groups is 1. The zero-order valence-corrected chi connectivity index (χ0v) is 15.9. The van der Waals surface area contributed by atoms with Gasteiger partial charge in [-0.15, -0.1) is 0 Å². The second-order valence-corrected chi connectivity index (χ2v) is 7.01. The highest BCUT2D eigenvalue weighted by Gasteiger charge is 2.49. The zero-order valence-electron chi connectivity index (χ0n) is 15.9. The van der Waals surface area contributed by atoms with Crippen molar-refractivity contribution < 1.29 is 14.4 Å². The van der Waals surface area contributed by atoms with E-state index in [9.17, 15) is 14.4 Å². The van der Waals surface area contributed by atoms with E-state index in [0.717, 1.165) is 16.0 Å². The van der Waals surface area contributed by atoms with Gasteiger partial charge in [0.25, 0.3) is 5.91 Å². The van der Waals surface area contributed by atoms with Gasteiger partial charge >= 0.3 is 6.03 Å². The Balaban J connectivity index is 1.79. The molecule has 1 aliphatic heterocycles. The van der Waals surface area contributed by atoms with Crippen LogP contribution in [-0.4, -0.2) is 29.3 Å². The lowest BCUT2D eigenvalue weighted by atomic mass is 9.91. The van der Waals surface area contributed by atoms with Crippen LogP contribution in [0.25, 0.3) is 0 Å². The van der Waals surface area contributed by atoms with Gasteiger partial charge in [-0.1, -0.05) is 24.3 Å². The number of nitriles is 1. The van der Waals surface area contributed by atoms with Gasteiger partial charge in [-0.25, -0.2) is 4.79 Å². The first-order valence-corrected chi connectivity index (χ1v) is 8.76. The summed E-state index contributed by atoms with van der Waals surface area (Å²) in [5.41, 5.74) is 2.05. The average molecular weight is 376 g/mol. The molecule has 1 saturated heterocycles. The summed E-state index contributed by atoms with van der Waals surface area (Å²) in [6.07, 6.45) is 0. The summed E-state index contributed by atoms with van der Waals surface area (Å²) in [6, 6.07) is 13.5. The normalized spacial score (nSPS) is 18.6. The van der Waals surface area contributed by atoms with Crippen LogP contribution in [0.2, 0.25) is 0 Å². The van der Waals surface area contributed by atoms with E-state index in [2.05, 4.69) is 10.6 Å². The van der Waals surface area contributed by atoms with Gasteiger partial charge in [-0.05, 0) is 55.7 Å². The Kier molecular flexibility index (Phi) is 4.89. The molecule has 0 bridgehead atoms. The standard InChI is InChI=1S/C21H20N4O3/c1-13-7-8-14(2)17(9-13)23-18(26)12-25-19(27)21(3,24-20(25)28)16-6-4-5-15(10-16)11-22/h4-10H,12H2,1-3H3,(H,23,26)(H,24,28)/t21-/m0/s1. The third-order valence-electron chi connectivity index (χ3n) is 4.81. The van der Waals surface area contributed by atoms with Crippen LogP contribution in [-0.2, 0) is 15.1 Å². The minimum atomic E-state index is -1.33. The van der Waals surface area contributed by atoms with Crippen LogP contribution in [0.1, 0.15) is 29.2 Å². The zero-order chi connectivity index (χ0) is 20.5. The Bertz CT molecular complexity index is 1020. The van der Waals surface area contributed by atoms with Crippen molar-refractivity contribution in [2.45, 2.75) is 26.3 Å². The first-order valence-electron chi connectivity index (χ1n) is 8.76. The largest absolute Gasteiger partial charge is 0.325 e. The molecule has 0 aromatic heterocycles. The highest BCUT2D eigenvalue weighted by atomic mass is 16.2. The van der Waals surface area contributed by atoms with E-state index in [-0.39, 0.29) is 0 Å². The van der Waals surface area contributed by atoms with Crippen LogP contribution >= 0.6 is 0 Å². The predicted octanol–water partition coefficient (Wildman–Crippen LogP) is 2.58. The molecule has 1 heterocycles. The van der Waals surface area contributed by atoms with Crippen LogP contribution in [0.5, 0.6) is 0 Å². The van der Waals surface area contributed by atoms with Gasteiger partial charge in [-0.2, -0.15) is 5.26 Å². The summed E-state index contributed by atoms with van der Waals surface area (Å²) in [5.74, 6) is -1.00. The maximum atomic E-state index is 12.9.